The average Bonchev–Trinajstić information content (AvgIpc) is 3.42. The smallest absolute Gasteiger partial charge is 0.490 e. The summed E-state index contributed by atoms with van der Waals surface area (Å²) in [4.78, 5) is 25.4. The number of hydrogen-bond acceptors (Lipinski definition) is 6. The molecular formula is C22H29F3N2O5S. The SMILES string of the molecule is COc1ccccc1CN1CC2(CC(OCC(=O)N3CCCC3)CS2)C1.O=C(O)C(F)(F)F. The van der Waals surface area contributed by atoms with Crippen molar-refractivity contribution in [1.29, 1.82) is 0 Å². The Kier molecular flexibility index (Phi) is 8.52. The molecule has 1 spiro atoms. The fourth-order valence-corrected chi connectivity index (χ4v) is 5.94. The van der Waals surface area contributed by atoms with Gasteiger partial charge in [0.15, 0.2) is 0 Å². The van der Waals surface area contributed by atoms with Crippen molar-refractivity contribution in [2.75, 3.05) is 45.6 Å². The maximum Gasteiger partial charge on any atom is 0.490 e. The van der Waals surface area contributed by atoms with Gasteiger partial charge in [-0.3, -0.25) is 9.69 Å². The van der Waals surface area contributed by atoms with Crippen LogP contribution in [0.1, 0.15) is 24.8 Å². The molecule has 3 aliphatic rings. The Morgan fingerprint density at radius 1 is 1.21 bits per heavy atom. The van der Waals surface area contributed by atoms with E-state index in [-0.39, 0.29) is 18.6 Å². The van der Waals surface area contributed by atoms with Crippen LogP contribution in [0.15, 0.2) is 24.3 Å². The number of carboxylic acid groups (broad SMARTS) is 1. The molecule has 7 nitrogen and oxygen atoms in total. The first kappa shape index (κ1) is 25.6. The summed E-state index contributed by atoms with van der Waals surface area (Å²) in [5, 5.41) is 7.12. The number of alkyl halides is 3. The highest BCUT2D eigenvalue weighted by Gasteiger charge is 2.49. The molecule has 3 saturated heterocycles. The van der Waals surface area contributed by atoms with Crippen molar-refractivity contribution in [3.8, 4) is 5.75 Å². The fourth-order valence-electron chi connectivity index (χ4n) is 4.33. The van der Waals surface area contributed by atoms with E-state index in [2.05, 4.69) is 17.0 Å². The lowest BCUT2D eigenvalue weighted by Gasteiger charge is -2.47. The topological polar surface area (TPSA) is 79.3 Å². The molecule has 1 N–H and O–H groups in total. The third kappa shape index (κ3) is 7.00. The zero-order valence-corrected chi connectivity index (χ0v) is 19.3. The van der Waals surface area contributed by atoms with Crippen molar-refractivity contribution in [2.24, 2.45) is 0 Å². The van der Waals surface area contributed by atoms with Gasteiger partial charge in [-0.05, 0) is 25.3 Å². The molecule has 11 heteroatoms. The summed E-state index contributed by atoms with van der Waals surface area (Å²) in [7, 11) is 1.73. The number of thioether (sulfide) groups is 1. The third-order valence-corrected chi connectivity index (χ3v) is 7.50. The number of amides is 1. The minimum Gasteiger partial charge on any atom is -0.496 e. The number of halogens is 3. The molecule has 0 aromatic heterocycles. The Morgan fingerprint density at radius 2 is 1.85 bits per heavy atom. The van der Waals surface area contributed by atoms with Crippen LogP contribution in [-0.4, -0.2) is 89.5 Å². The van der Waals surface area contributed by atoms with Gasteiger partial charge in [-0.25, -0.2) is 4.79 Å². The lowest BCUT2D eigenvalue weighted by molar-refractivity contribution is -0.192. The number of likely N-dealkylation sites (tertiary alicyclic amines) is 2. The Morgan fingerprint density at radius 3 is 2.45 bits per heavy atom. The van der Waals surface area contributed by atoms with E-state index < -0.39 is 12.1 Å². The van der Waals surface area contributed by atoms with Crippen LogP contribution in [-0.2, 0) is 20.9 Å². The van der Waals surface area contributed by atoms with Crippen LogP contribution in [0.3, 0.4) is 0 Å². The molecule has 0 aliphatic carbocycles. The van der Waals surface area contributed by atoms with Gasteiger partial charge in [-0.2, -0.15) is 13.2 Å². The number of hydrogen-bond donors (Lipinski definition) is 1. The van der Waals surface area contributed by atoms with E-state index in [1.807, 2.05) is 28.8 Å². The molecule has 0 bridgehead atoms. The predicted octanol–water partition coefficient (Wildman–Crippen LogP) is 3.03. The van der Waals surface area contributed by atoms with Gasteiger partial charge in [0.1, 0.15) is 12.4 Å². The van der Waals surface area contributed by atoms with E-state index in [1.54, 1.807) is 7.11 Å². The summed E-state index contributed by atoms with van der Waals surface area (Å²) in [5.41, 5.74) is 1.25. The van der Waals surface area contributed by atoms with Gasteiger partial charge in [0, 0.05) is 48.8 Å². The molecule has 3 fully saturated rings. The standard InChI is InChI=1S/C20H28N2O3S.C2HF3O2/c1-24-18-7-3-2-6-16(18)11-21-14-20(15-21)10-17(13-26-20)25-12-19(23)22-8-4-5-9-22;3-2(4,5)1(6)7/h2-3,6-7,17H,4-5,8-15H2,1H3;(H,6,7). The Balaban J connectivity index is 0.000000383. The van der Waals surface area contributed by atoms with Crippen molar-refractivity contribution in [1.82, 2.24) is 9.80 Å². The minimum atomic E-state index is -5.08. The zero-order valence-electron chi connectivity index (χ0n) is 18.5. The van der Waals surface area contributed by atoms with E-state index in [4.69, 9.17) is 19.4 Å². The molecule has 1 amide bonds. The second-order valence-electron chi connectivity index (χ2n) is 8.48. The van der Waals surface area contributed by atoms with Crippen molar-refractivity contribution in [2.45, 2.75) is 42.8 Å². The zero-order chi connectivity index (χ0) is 24.1. The van der Waals surface area contributed by atoms with Crippen LogP contribution >= 0.6 is 11.8 Å². The number of rotatable bonds is 6. The molecule has 184 valence electrons. The van der Waals surface area contributed by atoms with E-state index in [0.717, 1.165) is 63.5 Å². The minimum absolute atomic E-state index is 0.167. The second-order valence-corrected chi connectivity index (χ2v) is 9.97. The first-order chi connectivity index (χ1) is 15.6. The Bertz CT molecular complexity index is 826. The quantitative estimate of drug-likeness (QED) is 0.657. The number of benzene rings is 1. The largest absolute Gasteiger partial charge is 0.496 e. The average molecular weight is 491 g/mol. The molecular weight excluding hydrogens is 461 g/mol. The predicted molar refractivity (Wildman–Crippen MR) is 117 cm³/mol. The van der Waals surface area contributed by atoms with Crippen LogP contribution in [0.2, 0.25) is 0 Å². The number of carboxylic acids is 1. The van der Waals surface area contributed by atoms with E-state index in [0.29, 0.717) is 4.75 Å². The number of para-hydroxylation sites is 1. The summed E-state index contributed by atoms with van der Waals surface area (Å²) >= 11 is 2.02. The fraction of sp³-hybridized carbons (Fsp3) is 0.636. The molecule has 3 heterocycles. The highest BCUT2D eigenvalue weighted by Crippen LogP contribution is 2.46. The van der Waals surface area contributed by atoms with E-state index in [1.165, 1.54) is 5.56 Å². The van der Waals surface area contributed by atoms with Gasteiger partial charge < -0.3 is 19.5 Å². The normalized spacial score (nSPS) is 21.9. The number of methoxy groups -OCH3 is 1. The lowest BCUT2D eigenvalue weighted by Crippen LogP contribution is -2.58. The monoisotopic (exact) mass is 490 g/mol. The van der Waals surface area contributed by atoms with E-state index >= 15 is 0 Å². The van der Waals surface area contributed by atoms with Gasteiger partial charge in [-0.15, -0.1) is 11.8 Å². The molecule has 1 atom stereocenters. The van der Waals surface area contributed by atoms with Crippen LogP contribution < -0.4 is 4.74 Å². The summed E-state index contributed by atoms with van der Waals surface area (Å²) in [6, 6.07) is 8.25. The number of carbonyl (C=O) groups excluding carboxylic acids is 1. The number of aliphatic carboxylic acids is 1. The third-order valence-electron chi connectivity index (χ3n) is 5.93. The summed E-state index contributed by atoms with van der Waals surface area (Å²) < 4.78 is 43.5. The Labute approximate surface area is 195 Å². The molecule has 0 radical (unpaired) electrons. The van der Waals surface area contributed by atoms with Gasteiger partial charge in [0.2, 0.25) is 5.91 Å². The van der Waals surface area contributed by atoms with Gasteiger partial charge in [0.05, 0.1) is 13.2 Å². The highest BCUT2D eigenvalue weighted by atomic mass is 32.2. The van der Waals surface area contributed by atoms with Crippen molar-refractivity contribution >= 4 is 23.6 Å². The summed E-state index contributed by atoms with van der Waals surface area (Å²) in [6.45, 7) is 5.19. The van der Waals surface area contributed by atoms with Crippen LogP contribution in [0, 0.1) is 0 Å². The first-order valence-electron chi connectivity index (χ1n) is 10.8. The van der Waals surface area contributed by atoms with Crippen LogP contribution in [0.4, 0.5) is 13.2 Å². The van der Waals surface area contributed by atoms with Crippen molar-refractivity contribution in [3.63, 3.8) is 0 Å². The maximum absolute atomic E-state index is 12.1. The molecule has 1 unspecified atom stereocenters. The van der Waals surface area contributed by atoms with Crippen LogP contribution in [0.5, 0.6) is 5.75 Å². The highest BCUT2D eigenvalue weighted by molar-refractivity contribution is 8.01. The molecule has 33 heavy (non-hydrogen) atoms. The molecule has 3 aliphatic heterocycles. The molecule has 0 saturated carbocycles. The lowest BCUT2D eigenvalue weighted by atomic mass is 9.92. The first-order valence-corrected chi connectivity index (χ1v) is 11.8. The van der Waals surface area contributed by atoms with Gasteiger partial charge >= 0.3 is 12.1 Å². The van der Waals surface area contributed by atoms with Crippen LogP contribution in [0.25, 0.3) is 0 Å². The number of ether oxygens (including phenoxy) is 2. The number of nitrogens with zero attached hydrogens (tertiary/aromatic N) is 2. The summed E-state index contributed by atoms with van der Waals surface area (Å²) in [6.07, 6.45) is -1.53. The molecule has 4 rings (SSSR count). The van der Waals surface area contributed by atoms with Gasteiger partial charge in [-0.1, -0.05) is 18.2 Å². The Hall–Kier alpha value is -1.98. The van der Waals surface area contributed by atoms with Gasteiger partial charge in [0.25, 0.3) is 0 Å². The molecule has 1 aromatic carbocycles. The molecule has 1 aromatic rings. The number of carbonyl (C=O) groups is 2. The summed E-state index contributed by atoms with van der Waals surface area (Å²) in [5.74, 6) is -0.614. The van der Waals surface area contributed by atoms with E-state index in [9.17, 15) is 18.0 Å². The second kappa shape index (κ2) is 11.0. The van der Waals surface area contributed by atoms with Crippen molar-refractivity contribution in [3.05, 3.63) is 29.8 Å². The maximum atomic E-state index is 12.1. The van der Waals surface area contributed by atoms with Crippen molar-refractivity contribution < 1.29 is 37.3 Å².